The second-order valence-corrected chi connectivity index (χ2v) is 7.33. The second-order valence-electron chi connectivity index (χ2n) is 6.22. The van der Waals surface area contributed by atoms with Crippen molar-refractivity contribution in [2.75, 3.05) is 13.1 Å². The van der Waals surface area contributed by atoms with Gasteiger partial charge in [0, 0.05) is 12.3 Å². The Morgan fingerprint density at radius 3 is 2.76 bits per heavy atom. The van der Waals surface area contributed by atoms with Crippen LogP contribution in [-0.4, -0.2) is 38.8 Å². The molecule has 7 nitrogen and oxygen atoms in total. The number of carboxylic acid groups (broad SMARTS) is 1. The molecule has 0 bridgehead atoms. The fourth-order valence-corrected chi connectivity index (χ4v) is 4.40. The summed E-state index contributed by atoms with van der Waals surface area (Å²) in [5, 5.41) is 22.8. The van der Waals surface area contributed by atoms with Crippen molar-refractivity contribution >= 4 is 17.3 Å². The van der Waals surface area contributed by atoms with E-state index in [-0.39, 0.29) is 29.7 Å². The summed E-state index contributed by atoms with van der Waals surface area (Å²) in [7, 11) is 0. The first kappa shape index (κ1) is 17.8. The number of aliphatic hydroxyl groups excluding tert-OH is 1. The number of carbonyl (C=O) groups is 1. The number of aromatic carboxylic acids is 1. The number of hydrogen-bond acceptors (Lipinski definition) is 6. The van der Waals surface area contributed by atoms with Crippen molar-refractivity contribution in [2.24, 2.45) is 5.92 Å². The van der Waals surface area contributed by atoms with Crippen molar-refractivity contribution in [3.8, 4) is 0 Å². The SMILES string of the molecule is Cc1nc(C(C2CCNCC2)n2cc(C(=O)O)ccc2=O)sc1CO. The molecule has 134 valence electrons. The van der Waals surface area contributed by atoms with E-state index in [0.29, 0.717) is 0 Å². The van der Waals surface area contributed by atoms with Gasteiger partial charge < -0.3 is 20.1 Å². The number of nitrogens with one attached hydrogen (secondary N) is 1. The van der Waals surface area contributed by atoms with Gasteiger partial charge in [-0.3, -0.25) is 4.79 Å². The minimum atomic E-state index is -1.07. The lowest BCUT2D eigenvalue weighted by Gasteiger charge is -2.31. The molecule has 3 heterocycles. The number of aromatic nitrogens is 2. The van der Waals surface area contributed by atoms with E-state index in [4.69, 9.17) is 0 Å². The predicted octanol–water partition coefficient (Wildman–Crippen LogP) is 1.39. The van der Waals surface area contributed by atoms with Crippen molar-refractivity contribution in [3.63, 3.8) is 0 Å². The van der Waals surface area contributed by atoms with Gasteiger partial charge in [0.05, 0.1) is 28.8 Å². The lowest BCUT2D eigenvalue weighted by Crippen LogP contribution is -2.36. The van der Waals surface area contributed by atoms with Crippen molar-refractivity contribution < 1.29 is 15.0 Å². The van der Waals surface area contributed by atoms with Crippen LogP contribution < -0.4 is 10.9 Å². The first-order valence-electron chi connectivity index (χ1n) is 8.24. The Balaban J connectivity index is 2.12. The van der Waals surface area contributed by atoms with Crippen molar-refractivity contribution in [1.82, 2.24) is 14.9 Å². The summed E-state index contributed by atoms with van der Waals surface area (Å²) in [6.45, 7) is 3.45. The number of hydrogen-bond donors (Lipinski definition) is 3. The summed E-state index contributed by atoms with van der Waals surface area (Å²) in [5.74, 6) is -0.885. The third-order valence-electron chi connectivity index (χ3n) is 4.62. The standard InChI is InChI=1S/C17H21N3O4S/c1-10-13(9-21)25-16(19-10)15(11-4-6-18-7-5-11)20-8-12(17(23)24)2-3-14(20)22/h2-3,8,11,15,18,21H,4-7,9H2,1H3,(H,23,24). The fraction of sp³-hybridized carbons (Fsp3) is 0.471. The molecule has 1 aliphatic heterocycles. The molecule has 3 N–H and O–H groups in total. The molecule has 0 aromatic carbocycles. The molecule has 0 spiro atoms. The van der Waals surface area contributed by atoms with Crippen LogP contribution in [0.3, 0.4) is 0 Å². The van der Waals surface area contributed by atoms with E-state index in [2.05, 4.69) is 10.3 Å². The number of rotatable bonds is 5. The molecule has 2 aromatic heterocycles. The van der Waals surface area contributed by atoms with Gasteiger partial charge in [-0.05, 0) is 44.8 Å². The lowest BCUT2D eigenvalue weighted by atomic mass is 9.90. The van der Waals surface area contributed by atoms with Gasteiger partial charge in [0.2, 0.25) is 0 Å². The highest BCUT2D eigenvalue weighted by Gasteiger charge is 2.30. The van der Waals surface area contributed by atoms with E-state index in [1.807, 2.05) is 6.92 Å². The third kappa shape index (κ3) is 3.65. The van der Waals surface area contributed by atoms with E-state index in [9.17, 15) is 19.8 Å². The number of thiazole rings is 1. The Kier molecular flexibility index (Phi) is 5.31. The molecule has 0 aliphatic carbocycles. The third-order valence-corrected chi connectivity index (χ3v) is 5.83. The van der Waals surface area contributed by atoms with Crippen LogP contribution in [-0.2, 0) is 6.61 Å². The van der Waals surface area contributed by atoms with E-state index >= 15 is 0 Å². The van der Waals surface area contributed by atoms with E-state index in [1.165, 1.54) is 34.2 Å². The summed E-state index contributed by atoms with van der Waals surface area (Å²) in [6.07, 6.45) is 3.16. The van der Waals surface area contributed by atoms with Crippen LogP contribution in [0.5, 0.6) is 0 Å². The summed E-state index contributed by atoms with van der Waals surface area (Å²) < 4.78 is 1.50. The molecular weight excluding hydrogens is 342 g/mol. The molecule has 25 heavy (non-hydrogen) atoms. The van der Waals surface area contributed by atoms with E-state index in [1.54, 1.807) is 0 Å². The highest BCUT2D eigenvalue weighted by molar-refractivity contribution is 7.11. The normalized spacial score (nSPS) is 16.7. The molecule has 1 aliphatic rings. The molecule has 8 heteroatoms. The zero-order chi connectivity index (χ0) is 18.0. The minimum Gasteiger partial charge on any atom is -0.478 e. The maximum Gasteiger partial charge on any atom is 0.337 e. The van der Waals surface area contributed by atoms with Gasteiger partial charge in [0.1, 0.15) is 5.01 Å². The van der Waals surface area contributed by atoms with Gasteiger partial charge in [0.25, 0.3) is 5.56 Å². The smallest absolute Gasteiger partial charge is 0.337 e. The van der Waals surface area contributed by atoms with E-state index in [0.717, 1.165) is 41.5 Å². The Bertz CT molecular complexity index is 824. The average molecular weight is 363 g/mol. The highest BCUT2D eigenvalue weighted by Crippen LogP contribution is 2.35. The minimum absolute atomic E-state index is 0.0780. The Morgan fingerprint density at radius 2 is 2.16 bits per heavy atom. The van der Waals surface area contributed by atoms with Crippen LogP contribution in [0.15, 0.2) is 23.1 Å². The number of pyridine rings is 1. The largest absolute Gasteiger partial charge is 0.478 e. The van der Waals surface area contributed by atoms with Crippen LogP contribution in [0.2, 0.25) is 0 Å². The van der Waals surface area contributed by atoms with E-state index < -0.39 is 5.97 Å². The summed E-state index contributed by atoms with van der Waals surface area (Å²) in [4.78, 5) is 29.2. The van der Waals surface area contributed by atoms with Gasteiger partial charge in [0.15, 0.2) is 0 Å². The highest BCUT2D eigenvalue weighted by atomic mass is 32.1. The zero-order valence-corrected chi connectivity index (χ0v) is 14.8. The maximum atomic E-state index is 12.5. The van der Waals surface area contributed by atoms with Crippen molar-refractivity contribution in [1.29, 1.82) is 0 Å². The summed E-state index contributed by atoms with van der Waals surface area (Å²) in [6, 6.07) is 2.30. The van der Waals surface area contributed by atoms with Crippen LogP contribution >= 0.6 is 11.3 Å². The first-order chi connectivity index (χ1) is 12.0. The Morgan fingerprint density at radius 1 is 1.44 bits per heavy atom. The topological polar surface area (TPSA) is 104 Å². The number of carboxylic acids is 1. The molecule has 0 saturated carbocycles. The molecule has 2 aromatic rings. The van der Waals surface area contributed by atoms with Crippen LogP contribution in [0.4, 0.5) is 0 Å². The van der Waals surface area contributed by atoms with Gasteiger partial charge >= 0.3 is 5.97 Å². The van der Waals surface area contributed by atoms with Crippen LogP contribution in [0.1, 0.15) is 44.8 Å². The first-order valence-corrected chi connectivity index (χ1v) is 9.06. The molecule has 1 saturated heterocycles. The van der Waals surface area contributed by atoms with Gasteiger partial charge in [-0.2, -0.15) is 0 Å². The molecule has 0 amide bonds. The number of piperidine rings is 1. The summed E-state index contributed by atoms with van der Waals surface area (Å²) in [5.41, 5.74) is 0.588. The van der Waals surface area contributed by atoms with Gasteiger partial charge in [-0.15, -0.1) is 11.3 Å². The zero-order valence-electron chi connectivity index (χ0n) is 13.9. The molecule has 1 atom stereocenters. The number of nitrogens with zero attached hydrogens (tertiary/aromatic N) is 2. The number of aliphatic hydroxyl groups is 1. The summed E-state index contributed by atoms with van der Waals surface area (Å²) >= 11 is 1.39. The maximum absolute atomic E-state index is 12.5. The van der Waals surface area contributed by atoms with Gasteiger partial charge in [-0.25, -0.2) is 9.78 Å². The number of aryl methyl sites for hydroxylation is 1. The molecule has 0 radical (unpaired) electrons. The van der Waals surface area contributed by atoms with Crippen LogP contribution in [0.25, 0.3) is 0 Å². The van der Waals surface area contributed by atoms with Crippen molar-refractivity contribution in [3.05, 3.63) is 49.8 Å². The quantitative estimate of drug-likeness (QED) is 0.742. The fourth-order valence-electron chi connectivity index (χ4n) is 3.28. The Labute approximate surface area is 149 Å². The molecule has 1 unspecified atom stereocenters. The molecule has 3 rings (SSSR count). The lowest BCUT2D eigenvalue weighted by molar-refractivity contribution is 0.0695. The average Bonchev–Trinajstić information content (AvgIpc) is 2.98. The van der Waals surface area contributed by atoms with Crippen molar-refractivity contribution in [2.45, 2.75) is 32.4 Å². The second kappa shape index (κ2) is 7.47. The molecular formula is C17H21N3O4S. The Hall–Kier alpha value is -2.03. The molecule has 1 fully saturated rings. The van der Waals surface area contributed by atoms with Gasteiger partial charge in [-0.1, -0.05) is 0 Å². The predicted molar refractivity (Wildman–Crippen MR) is 94.2 cm³/mol. The monoisotopic (exact) mass is 363 g/mol. The van der Waals surface area contributed by atoms with Crippen LogP contribution in [0, 0.1) is 12.8 Å².